The Kier molecular flexibility index (Phi) is 4.94. The van der Waals surface area contributed by atoms with Gasteiger partial charge in [-0.2, -0.15) is 0 Å². The molecule has 0 spiro atoms. The maximum absolute atomic E-state index is 13.7. The van der Waals surface area contributed by atoms with E-state index in [1.54, 1.807) is 36.4 Å². The molecule has 6 heteroatoms. The van der Waals surface area contributed by atoms with Crippen molar-refractivity contribution in [3.05, 3.63) is 83.0 Å². The molecule has 4 unspecified atom stereocenters. The van der Waals surface area contributed by atoms with Crippen LogP contribution in [0.25, 0.3) is 0 Å². The van der Waals surface area contributed by atoms with Crippen LogP contribution in [-0.4, -0.2) is 23.6 Å². The van der Waals surface area contributed by atoms with Gasteiger partial charge in [0.25, 0.3) is 0 Å². The van der Waals surface area contributed by atoms with Gasteiger partial charge in [0, 0.05) is 0 Å². The van der Waals surface area contributed by atoms with Gasteiger partial charge in [0.15, 0.2) is 0 Å². The summed E-state index contributed by atoms with van der Waals surface area (Å²) in [5.74, 6) is -4.20. The van der Waals surface area contributed by atoms with Crippen molar-refractivity contribution < 1.29 is 19.2 Å². The zero-order chi connectivity index (χ0) is 25.5. The molecule has 2 aromatic carbocycles. The van der Waals surface area contributed by atoms with Gasteiger partial charge in [-0.1, -0.05) is 36.4 Å². The lowest BCUT2D eigenvalue weighted by molar-refractivity contribution is -0.148. The van der Waals surface area contributed by atoms with E-state index in [1.807, 2.05) is 52.0 Å². The molecule has 4 amide bonds. The van der Waals surface area contributed by atoms with Crippen molar-refractivity contribution >= 4 is 35.0 Å². The first-order valence-electron chi connectivity index (χ1n) is 12.5. The Balaban J connectivity index is 1.42. The van der Waals surface area contributed by atoms with Crippen LogP contribution in [0.2, 0.25) is 0 Å². The molecule has 2 saturated heterocycles. The van der Waals surface area contributed by atoms with Gasteiger partial charge < -0.3 is 0 Å². The number of anilines is 2. The number of hydrogen-bond acceptors (Lipinski definition) is 4. The zero-order valence-electron chi connectivity index (χ0n) is 20.8. The summed E-state index contributed by atoms with van der Waals surface area (Å²) >= 11 is 0. The van der Waals surface area contributed by atoms with E-state index in [2.05, 4.69) is 0 Å². The summed E-state index contributed by atoms with van der Waals surface area (Å²) in [5.41, 5.74) is 5.31. The SMILES string of the molecule is Cc1ccc(N2C(=O)C3C=CC4C(=O)N(c5ccc(C)c(C)c5)C(=O)C5C=CC(C2=O)C3C45)cc1C. The van der Waals surface area contributed by atoms with Gasteiger partial charge in [0.2, 0.25) is 23.6 Å². The normalized spacial score (nSPS) is 30.7. The standard InChI is InChI=1S/C30H28N2O4/c1-15-5-7-19(13-17(15)3)31-27(33)21-9-11-23-26-24(12-10-22(25(21)26)28(31)34)30(36)32(29(23)35)20-8-6-16(2)18(4)14-20/h5-14,21-26H,1-4H3. The highest BCUT2D eigenvalue weighted by atomic mass is 16.2. The second kappa shape index (κ2) is 7.85. The van der Waals surface area contributed by atoms with Crippen LogP contribution in [0.4, 0.5) is 11.4 Å². The Morgan fingerprint density at radius 3 is 1.06 bits per heavy atom. The topological polar surface area (TPSA) is 74.8 Å². The minimum Gasteiger partial charge on any atom is -0.273 e. The van der Waals surface area contributed by atoms with Crippen LogP contribution < -0.4 is 9.80 Å². The van der Waals surface area contributed by atoms with Crippen molar-refractivity contribution in [3.8, 4) is 0 Å². The second-order valence-corrected chi connectivity index (χ2v) is 10.6. The predicted molar refractivity (Wildman–Crippen MR) is 136 cm³/mol. The fourth-order valence-corrected chi connectivity index (χ4v) is 6.44. The maximum Gasteiger partial charge on any atom is 0.241 e. The average molecular weight is 481 g/mol. The van der Waals surface area contributed by atoms with Crippen LogP contribution >= 0.6 is 0 Å². The van der Waals surface area contributed by atoms with E-state index >= 15 is 0 Å². The highest BCUT2D eigenvalue weighted by Gasteiger charge is 2.60. The van der Waals surface area contributed by atoms with Crippen LogP contribution in [0, 0.1) is 63.2 Å². The first kappa shape index (κ1) is 22.7. The molecule has 6 rings (SSSR count). The Hall–Kier alpha value is -3.80. The van der Waals surface area contributed by atoms with Gasteiger partial charge >= 0.3 is 0 Å². The van der Waals surface area contributed by atoms with Crippen molar-refractivity contribution in [2.75, 3.05) is 9.80 Å². The summed E-state index contributed by atoms with van der Waals surface area (Å²) in [6, 6.07) is 11.2. The summed E-state index contributed by atoms with van der Waals surface area (Å²) in [6.07, 6.45) is 7.18. The fourth-order valence-electron chi connectivity index (χ4n) is 6.44. The largest absolute Gasteiger partial charge is 0.273 e. The van der Waals surface area contributed by atoms with E-state index in [1.165, 1.54) is 9.80 Å². The number of rotatable bonds is 2. The summed E-state index contributed by atoms with van der Waals surface area (Å²) < 4.78 is 0. The smallest absolute Gasteiger partial charge is 0.241 e. The molecule has 2 heterocycles. The third-order valence-corrected chi connectivity index (χ3v) is 8.67. The molecule has 2 aliphatic carbocycles. The van der Waals surface area contributed by atoms with Gasteiger partial charge in [-0.15, -0.1) is 0 Å². The summed E-state index contributed by atoms with van der Waals surface area (Å²) in [7, 11) is 0. The van der Waals surface area contributed by atoms with E-state index in [4.69, 9.17) is 0 Å². The zero-order valence-corrected chi connectivity index (χ0v) is 20.8. The number of benzene rings is 2. The van der Waals surface area contributed by atoms with E-state index in [0.29, 0.717) is 11.4 Å². The molecule has 2 fully saturated rings. The van der Waals surface area contributed by atoms with Gasteiger partial charge in [-0.25, -0.2) is 9.80 Å². The quantitative estimate of drug-likeness (QED) is 0.477. The molecule has 4 aliphatic rings. The van der Waals surface area contributed by atoms with Crippen molar-refractivity contribution in [1.29, 1.82) is 0 Å². The average Bonchev–Trinajstić information content (AvgIpc) is 2.85. The Morgan fingerprint density at radius 2 is 0.778 bits per heavy atom. The molecule has 0 bridgehead atoms. The highest BCUT2D eigenvalue weighted by Crippen LogP contribution is 2.53. The number of piperidine rings is 2. The monoisotopic (exact) mass is 480 g/mol. The molecule has 0 aromatic heterocycles. The number of hydrogen-bond donors (Lipinski definition) is 0. The lowest BCUT2D eigenvalue weighted by atomic mass is 9.55. The van der Waals surface area contributed by atoms with Gasteiger partial charge in [-0.05, 0) is 86.1 Å². The molecule has 2 aromatic rings. The van der Waals surface area contributed by atoms with E-state index in [0.717, 1.165) is 22.3 Å². The maximum atomic E-state index is 13.7. The molecule has 182 valence electrons. The van der Waals surface area contributed by atoms with Crippen molar-refractivity contribution in [2.24, 2.45) is 35.5 Å². The van der Waals surface area contributed by atoms with Crippen LogP contribution in [0.1, 0.15) is 22.3 Å². The summed E-state index contributed by atoms with van der Waals surface area (Å²) in [5, 5.41) is 0. The Bertz CT molecular complexity index is 1260. The summed E-state index contributed by atoms with van der Waals surface area (Å²) in [4.78, 5) is 57.3. The molecule has 0 radical (unpaired) electrons. The predicted octanol–water partition coefficient (Wildman–Crippen LogP) is 4.20. The number of amides is 4. The first-order valence-corrected chi connectivity index (χ1v) is 12.5. The number of aryl methyl sites for hydroxylation is 4. The summed E-state index contributed by atoms with van der Waals surface area (Å²) in [6.45, 7) is 7.89. The Morgan fingerprint density at radius 1 is 0.472 bits per heavy atom. The van der Waals surface area contributed by atoms with E-state index < -0.39 is 35.5 Å². The molecule has 0 saturated carbocycles. The number of nitrogens with zero attached hydrogens (tertiary/aromatic N) is 2. The van der Waals surface area contributed by atoms with Gasteiger partial charge in [-0.3, -0.25) is 19.2 Å². The first-order chi connectivity index (χ1) is 17.2. The number of imide groups is 2. The van der Waals surface area contributed by atoms with Gasteiger partial charge in [0.1, 0.15) is 0 Å². The molecule has 2 aliphatic heterocycles. The highest BCUT2D eigenvalue weighted by molar-refractivity contribution is 6.22. The fraction of sp³-hybridized carbons (Fsp3) is 0.333. The second-order valence-electron chi connectivity index (χ2n) is 10.6. The lowest BCUT2D eigenvalue weighted by Crippen LogP contribution is -2.64. The van der Waals surface area contributed by atoms with Crippen molar-refractivity contribution in [2.45, 2.75) is 27.7 Å². The molecule has 36 heavy (non-hydrogen) atoms. The van der Waals surface area contributed by atoms with Crippen molar-refractivity contribution in [3.63, 3.8) is 0 Å². The third kappa shape index (κ3) is 3.03. The molecular formula is C30H28N2O4. The molecule has 0 N–H and O–H groups in total. The van der Waals surface area contributed by atoms with Crippen LogP contribution in [0.5, 0.6) is 0 Å². The molecular weight excluding hydrogens is 452 g/mol. The third-order valence-electron chi connectivity index (χ3n) is 8.67. The van der Waals surface area contributed by atoms with Crippen LogP contribution in [-0.2, 0) is 19.2 Å². The number of carbonyl (C=O) groups is 4. The number of carbonyl (C=O) groups excluding carboxylic acids is 4. The molecule has 4 atom stereocenters. The van der Waals surface area contributed by atoms with E-state index in [-0.39, 0.29) is 23.6 Å². The minimum absolute atomic E-state index is 0.287. The van der Waals surface area contributed by atoms with Crippen molar-refractivity contribution in [1.82, 2.24) is 0 Å². The molecule has 6 nitrogen and oxygen atoms in total. The van der Waals surface area contributed by atoms with Gasteiger partial charge in [0.05, 0.1) is 35.0 Å². The Labute approximate surface area is 210 Å². The minimum atomic E-state index is -0.559. The van der Waals surface area contributed by atoms with E-state index in [9.17, 15) is 19.2 Å². The van der Waals surface area contributed by atoms with Crippen LogP contribution in [0.3, 0.4) is 0 Å². The van der Waals surface area contributed by atoms with Crippen LogP contribution in [0.15, 0.2) is 60.7 Å². The lowest BCUT2D eigenvalue weighted by Gasteiger charge is -2.53.